The Balaban J connectivity index is 2.55. The molecule has 1 rings (SSSR count). The lowest BCUT2D eigenvalue weighted by molar-refractivity contribution is -0.122. The van der Waals surface area contributed by atoms with Crippen molar-refractivity contribution in [1.29, 1.82) is 0 Å². The smallest absolute Gasteiger partial charge is 0.240 e. The Morgan fingerprint density at radius 2 is 2.11 bits per heavy atom. The number of aliphatic hydroxyl groups excluding tert-OH is 1. The molecule has 0 saturated heterocycles. The van der Waals surface area contributed by atoms with Gasteiger partial charge in [-0.2, -0.15) is 0 Å². The van der Waals surface area contributed by atoms with E-state index in [2.05, 4.69) is 15.3 Å². The molecule has 0 spiro atoms. The van der Waals surface area contributed by atoms with E-state index in [1.54, 1.807) is 30.4 Å². The van der Waals surface area contributed by atoms with Crippen LogP contribution in [0.3, 0.4) is 0 Å². The van der Waals surface area contributed by atoms with E-state index in [-0.39, 0.29) is 19.1 Å². The normalized spacial score (nSPS) is 13.8. The van der Waals surface area contributed by atoms with Gasteiger partial charge in [0.05, 0.1) is 18.7 Å². The van der Waals surface area contributed by atoms with Gasteiger partial charge in [0.25, 0.3) is 0 Å². The molecule has 0 aliphatic rings. The highest BCUT2D eigenvalue weighted by molar-refractivity contribution is 5.81. The zero-order valence-corrected chi connectivity index (χ0v) is 11.1. The molecule has 1 aromatic heterocycles. The largest absolute Gasteiger partial charge is 0.394 e. The third-order valence-corrected chi connectivity index (χ3v) is 2.84. The second kappa shape index (κ2) is 6.30. The van der Waals surface area contributed by atoms with E-state index in [9.17, 15) is 9.90 Å². The first-order chi connectivity index (χ1) is 8.50. The molecule has 0 bridgehead atoms. The minimum atomic E-state index is -0.574. The molecule has 1 unspecified atom stereocenters. The van der Waals surface area contributed by atoms with Crippen molar-refractivity contribution < 1.29 is 9.90 Å². The molecule has 0 aliphatic heterocycles. The summed E-state index contributed by atoms with van der Waals surface area (Å²) in [6.07, 6.45) is 3.92. The van der Waals surface area contributed by atoms with E-state index in [0.29, 0.717) is 12.4 Å². The lowest BCUT2D eigenvalue weighted by atomic mass is 10.0. The van der Waals surface area contributed by atoms with Gasteiger partial charge in [0.2, 0.25) is 11.9 Å². The summed E-state index contributed by atoms with van der Waals surface area (Å²) in [4.78, 5) is 21.6. The van der Waals surface area contributed by atoms with Crippen molar-refractivity contribution in [2.24, 2.45) is 0 Å². The summed E-state index contributed by atoms with van der Waals surface area (Å²) in [7, 11) is 1.75. The van der Waals surface area contributed by atoms with Crippen LogP contribution >= 0.6 is 0 Å². The summed E-state index contributed by atoms with van der Waals surface area (Å²) in [6, 6.07) is 1.72. The van der Waals surface area contributed by atoms with Crippen LogP contribution in [-0.4, -0.2) is 46.7 Å². The zero-order valence-electron chi connectivity index (χ0n) is 11.1. The van der Waals surface area contributed by atoms with Gasteiger partial charge in [0.1, 0.15) is 0 Å². The van der Waals surface area contributed by atoms with Gasteiger partial charge in [-0.05, 0) is 19.4 Å². The number of likely N-dealkylation sites (N-methyl/N-ethyl adjacent to an activating group) is 1. The van der Waals surface area contributed by atoms with Gasteiger partial charge in [0.15, 0.2) is 0 Å². The fraction of sp³-hybridized carbons (Fsp3) is 0.583. The van der Waals surface area contributed by atoms with Crippen molar-refractivity contribution >= 4 is 11.9 Å². The van der Waals surface area contributed by atoms with E-state index in [0.717, 1.165) is 0 Å². The third kappa shape index (κ3) is 3.96. The molecule has 0 aromatic carbocycles. The highest BCUT2D eigenvalue weighted by atomic mass is 16.3. The summed E-state index contributed by atoms with van der Waals surface area (Å²) in [6.45, 7) is 3.80. The van der Waals surface area contributed by atoms with Crippen LogP contribution in [0.1, 0.15) is 20.3 Å². The summed E-state index contributed by atoms with van der Waals surface area (Å²) < 4.78 is 0. The van der Waals surface area contributed by atoms with E-state index in [4.69, 9.17) is 0 Å². The molecule has 6 heteroatoms. The van der Waals surface area contributed by atoms with Crippen molar-refractivity contribution in [1.82, 2.24) is 15.3 Å². The van der Waals surface area contributed by atoms with Crippen LogP contribution in [0.25, 0.3) is 0 Å². The van der Waals surface area contributed by atoms with Gasteiger partial charge >= 0.3 is 0 Å². The fourth-order valence-electron chi connectivity index (χ4n) is 1.39. The summed E-state index contributed by atoms with van der Waals surface area (Å²) in [5, 5.41) is 12.0. The summed E-state index contributed by atoms with van der Waals surface area (Å²) in [5.74, 6) is 0.332. The van der Waals surface area contributed by atoms with Gasteiger partial charge in [-0.25, -0.2) is 9.97 Å². The highest BCUT2D eigenvalue weighted by Crippen LogP contribution is 2.08. The second-order valence-electron chi connectivity index (χ2n) is 4.53. The Morgan fingerprint density at radius 1 is 1.50 bits per heavy atom. The van der Waals surface area contributed by atoms with Crippen LogP contribution in [0, 0.1) is 0 Å². The van der Waals surface area contributed by atoms with Gasteiger partial charge in [-0.1, -0.05) is 6.92 Å². The molecular weight excluding hydrogens is 232 g/mol. The lowest BCUT2D eigenvalue weighted by Crippen LogP contribution is -2.51. The van der Waals surface area contributed by atoms with Crippen LogP contribution in [0.2, 0.25) is 0 Å². The molecule has 1 heterocycles. The van der Waals surface area contributed by atoms with Gasteiger partial charge in [0, 0.05) is 19.4 Å². The van der Waals surface area contributed by atoms with E-state index in [1.165, 1.54) is 0 Å². The maximum atomic E-state index is 11.8. The molecule has 0 radical (unpaired) electrons. The first kappa shape index (κ1) is 14.4. The topological polar surface area (TPSA) is 78.4 Å². The minimum absolute atomic E-state index is 0.0825. The molecule has 1 atom stereocenters. The average Bonchev–Trinajstić information content (AvgIpc) is 2.39. The Labute approximate surface area is 107 Å². The molecule has 1 amide bonds. The Kier molecular flexibility index (Phi) is 5.03. The van der Waals surface area contributed by atoms with E-state index < -0.39 is 5.54 Å². The predicted octanol–water partition coefficient (Wildman–Crippen LogP) is 0.190. The van der Waals surface area contributed by atoms with Crippen LogP contribution in [0.15, 0.2) is 18.5 Å². The number of nitrogens with zero attached hydrogens (tertiary/aromatic N) is 3. The van der Waals surface area contributed by atoms with E-state index in [1.807, 2.05) is 13.8 Å². The number of nitrogens with one attached hydrogen (secondary N) is 1. The standard InChI is InChI=1S/C12H20N4O2/c1-4-12(2,9-17)15-10(18)8-16(3)11-13-6-5-7-14-11/h5-7,17H,4,8-9H2,1-3H3,(H,15,18). The number of amides is 1. The Hall–Kier alpha value is -1.69. The summed E-state index contributed by atoms with van der Waals surface area (Å²) in [5.41, 5.74) is -0.574. The first-order valence-electron chi connectivity index (χ1n) is 5.91. The quantitative estimate of drug-likeness (QED) is 0.755. The van der Waals surface area contributed by atoms with Crippen LogP contribution < -0.4 is 10.2 Å². The third-order valence-electron chi connectivity index (χ3n) is 2.84. The molecule has 0 aliphatic carbocycles. The van der Waals surface area contributed by atoms with Crippen LogP contribution in [0.4, 0.5) is 5.95 Å². The number of aliphatic hydroxyl groups is 1. The zero-order chi connectivity index (χ0) is 13.6. The van der Waals surface area contributed by atoms with Gasteiger partial charge < -0.3 is 15.3 Å². The molecule has 0 fully saturated rings. The number of rotatable bonds is 6. The van der Waals surface area contributed by atoms with Crippen molar-refractivity contribution in [2.45, 2.75) is 25.8 Å². The number of anilines is 1. The molecule has 18 heavy (non-hydrogen) atoms. The van der Waals surface area contributed by atoms with Gasteiger partial charge in [-0.15, -0.1) is 0 Å². The average molecular weight is 252 g/mol. The maximum Gasteiger partial charge on any atom is 0.240 e. The number of carbonyl (C=O) groups excluding carboxylic acids is 1. The Morgan fingerprint density at radius 3 is 2.61 bits per heavy atom. The molecule has 100 valence electrons. The van der Waals surface area contributed by atoms with Gasteiger partial charge in [-0.3, -0.25) is 4.79 Å². The molecule has 2 N–H and O–H groups in total. The maximum absolute atomic E-state index is 11.8. The van der Waals surface area contributed by atoms with Crippen molar-refractivity contribution in [3.8, 4) is 0 Å². The SMILES string of the molecule is CCC(C)(CO)NC(=O)CN(C)c1ncccn1. The number of aromatic nitrogens is 2. The van der Waals surface area contributed by atoms with Crippen molar-refractivity contribution in [3.63, 3.8) is 0 Å². The second-order valence-corrected chi connectivity index (χ2v) is 4.53. The van der Waals surface area contributed by atoms with Crippen molar-refractivity contribution in [2.75, 3.05) is 25.1 Å². The molecule has 6 nitrogen and oxygen atoms in total. The molecular formula is C12H20N4O2. The minimum Gasteiger partial charge on any atom is -0.394 e. The monoisotopic (exact) mass is 252 g/mol. The van der Waals surface area contributed by atoms with Crippen LogP contribution in [-0.2, 0) is 4.79 Å². The fourth-order valence-corrected chi connectivity index (χ4v) is 1.39. The predicted molar refractivity (Wildman–Crippen MR) is 69.2 cm³/mol. The van der Waals surface area contributed by atoms with Crippen LogP contribution in [0.5, 0.6) is 0 Å². The number of carbonyl (C=O) groups is 1. The highest BCUT2D eigenvalue weighted by Gasteiger charge is 2.23. The Bertz CT molecular complexity index is 379. The first-order valence-corrected chi connectivity index (χ1v) is 5.91. The molecule has 0 saturated carbocycles. The van der Waals surface area contributed by atoms with E-state index >= 15 is 0 Å². The van der Waals surface area contributed by atoms with Crippen molar-refractivity contribution in [3.05, 3.63) is 18.5 Å². The number of hydrogen-bond acceptors (Lipinski definition) is 5. The summed E-state index contributed by atoms with van der Waals surface area (Å²) >= 11 is 0. The molecule has 1 aromatic rings. The lowest BCUT2D eigenvalue weighted by Gasteiger charge is -2.28. The number of hydrogen-bond donors (Lipinski definition) is 2.